The molecule has 0 aromatic rings. The first kappa shape index (κ1) is 91.0. The van der Waals surface area contributed by atoms with Crippen molar-refractivity contribution in [2.45, 2.75) is 165 Å². The first-order valence-electron chi connectivity index (χ1n) is 35.7. The molecule has 6 fully saturated rings. The molecule has 108 heavy (non-hydrogen) atoms. The van der Waals surface area contributed by atoms with E-state index >= 15 is 0 Å². The largest absolute Gasteiger partial charge is 0.390 e. The Morgan fingerprint density at radius 1 is 0.481 bits per heavy atom. The van der Waals surface area contributed by atoms with E-state index < -0.39 is 118 Å². The normalized spacial score (nSPS) is 35.3. The summed E-state index contributed by atoms with van der Waals surface area (Å²) < 4.78 is 35.9. The fourth-order valence-electron chi connectivity index (χ4n) is 13.4. The van der Waals surface area contributed by atoms with E-state index in [-0.39, 0.29) is 64.0 Å². The van der Waals surface area contributed by atoms with Crippen LogP contribution >= 0.6 is 68.6 Å². The third-order valence-electron chi connectivity index (χ3n) is 19.9. The van der Waals surface area contributed by atoms with Gasteiger partial charge in [-0.2, -0.15) is 0 Å². The summed E-state index contributed by atoms with van der Waals surface area (Å²) in [5.41, 5.74) is -2.75. The van der Waals surface area contributed by atoms with Gasteiger partial charge in [-0.1, -0.05) is 62.4 Å². The van der Waals surface area contributed by atoms with Gasteiger partial charge in [-0.3, -0.25) is 24.0 Å². The summed E-state index contributed by atoms with van der Waals surface area (Å²) in [5, 5.41) is 75.5. The van der Waals surface area contributed by atoms with E-state index in [1.54, 1.807) is 44.4 Å². The van der Waals surface area contributed by atoms with Crippen molar-refractivity contribution in [3.05, 3.63) is 123 Å². The second kappa shape index (κ2) is 36.1. The first-order chi connectivity index (χ1) is 49.6. The second-order valence-corrected chi connectivity index (χ2v) is 56.6. The highest BCUT2D eigenvalue weighted by atomic mass is 127. The molecule has 0 spiro atoms. The SMILES string of the molecule is C=C1NC(=O)C=CN1[C@@H]1O[C@@]2(CCP(=C)(C)C)CO[C@@H]1[C@@H]2O.C=C1NC(=O)C=CN1[C@@H]1O[C@H](CCP(=C)(C)C)[C@@H](O)[C@H]1Cl.C=C1NC(=O)C=CN1[C@@H]1O[C@H](CCP(=C)(C)C)[C@@H](O)[C@H]1I.C=C1NC(=O)C=CN1[C@@H]1O[C@H](CCP(=C)(C)C)[C@@H](O)[C@]1(C)O.C=C1NC(=O)C=CN1[C@@H]1O[C@](C)(CCP(=C)(C)C)[C@@H](O)[C@H]1C. The lowest BCUT2D eigenvalue weighted by Gasteiger charge is -2.38. The number of carbonyl (C=O) groups is 5. The van der Waals surface area contributed by atoms with Crippen LogP contribution in [0.1, 0.15) is 52.9 Å². The van der Waals surface area contributed by atoms with Crippen LogP contribution in [0.3, 0.4) is 0 Å². The minimum absolute atomic E-state index is 0.0877. The predicted octanol–water partition coefficient (Wildman–Crippen LogP) is 4.90. The number of ether oxygens (including phenoxy) is 6. The van der Waals surface area contributed by atoms with Gasteiger partial charge >= 0.3 is 0 Å². The molecule has 5 amide bonds. The van der Waals surface area contributed by atoms with Gasteiger partial charge in [0.2, 0.25) is 0 Å². The van der Waals surface area contributed by atoms with Crippen molar-refractivity contribution in [2.24, 2.45) is 5.92 Å². The van der Waals surface area contributed by atoms with Gasteiger partial charge in [0.25, 0.3) is 29.5 Å². The Labute approximate surface area is 658 Å². The van der Waals surface area contributed by atoms with Crippen LogP contribution in [-0.2, 0) is 52.4 Å². The number of amides is 5. The van der Waals surface area contributed by atoms with Crippen LogP contribution in [0.2, 0.25) is 0 Å². The van der Waals surface area contributed by atoms with E-state index in [1.807, 2.05) is 13.8 Å². The molecule has 606 valence electrons. The summed E-state index contributed by atoms with van der Waals surface area (Å²) in [7, 11) is 0. The third-order valence-corrected chi connectivity index (χ3v) is 29.0. The molecule has 11 aliphatic rings. The fraction of sp³-hybridized carbons (Fsp3) is 0.595. The monoisotopic (exact) mass is 1740 g/mol. The van der Waals surface area contributed by atoms with Crippen molar-refractivity contribution < 1.29 is 83.0 Å². The molecule has 34 heteroatoms. The Balaban J connectivity index is 0.000000188. The number of hydrogen-bond donors (Lipinski definition) is 11. The summed E-state index contributed by atoms with van der Waals surface area (Å²) in [6, 6.07) is 0. The van der Waals surface area contributed by atoms with Gasteiger partial charge in [-0.25, -0.2) is 0 Å². The van der Waals surface area contributed by atoms with Gasteiger partial charge in [0, 0.05) is 67.3 Å². The minimum Gasteiger partial charge on any atom is -0.390 e. The fourth-order valence-corrected chi connectivity index (χ4v) is 19.6. The number of aliphatic hydroxyl groups is 6. The van der Waals surface area contributed by atoms with Gasteiger partial charge < -0.3 is 110 Å². The first-order valence-corrected chi connectivity index (χ1v) is 52.6. The predicted molar refractivity (Wildman–Crippen MR) is 452 cm³/mol. The van der Waals surface area contributed by atoms with Crippen molar-refractivity contribution in [1.29, 1.82) is 0 Å². The molecule has 2 bridgehead atoms. The summed E-state index contributed by atoms with van der Waals surface area (Å²) in [6.45, 7) is 40.6. The number of aliphatic hydroxyl groups excluding tert-OH is 5. The zero-order valence-corrected chi connectivity index (χ0v) is 72.2. The molecular formula is C74H119ClIN10O17P5. The van der Waals surface area contributed by atoms with Crippen LogP contribution in [0.5, 0.6) is 0 Å². The second-order valence-electron chi connectivity index (χ2n) is 33.1. The Hall–Kier alpha value is -4.21. The maximum absolute atomic E-state index is 11.3. The van der Waals surface area contributed by atoms with Gasteiger partial charge in [-0.05, 0) is 143 Å². The molecule has 0 aliphatic carbocycles. The molecule has 0 unspecified atom stereocenters. The molecule has 0 saturated carbocycles. The summed E-state index contributed by atoms with van der Waals surface area (Å²) in [6.07, 6.45) is 36.9. The maximum atomic E-state index is 11.3. The van der Waals surface area contributed by atoms with E-state index in [0.717, 1.165) is 56.5 Å². The number of carbonyl (C=O) groups excluding carboxylic acids is 5. The third kappa shape index (κ3) is 23.7. The molecule has 6 saturated heterocycles. The lowest BCUT2D eigenvalue weighted by molar-refractivity contribution is -0.182. The molecule has 27 nitrogen and oxygen atoms in total. The molecular weight excluding hydrogens is 1620 g/mol. The van der Waals surface area contributed by atoms with Gasteiger partial charge in [0.1, 0.15) is 82.6 Å². The lowest BCUT2D eigenvalue weighted by atomic mass is 9.90. The zero-order valence-electron chi connectivity index (χ0n) is 64.8. The Morgan fingerprint density at radius 2 is 0.833 bits per heavy atom. The summed E-state index contributed by atoms with van der Waals surface area (Å²) in [4.78, 5) is 64.9. The smallest absolute Gasteiger partial charge is 0.250 e. The van der Waals surface area contributed by atoms with Crippen molar-refractivity contribution in [3.8, 4) is 0 Å². The number of fused-ring (bicyclic) bond motifs is 2. The molecule has 11 heterocycles. The average Bonchev–Trinajstić information content (AvgIpc) is 1.58. The Morgan fingerprint density at radius 3 is 1.24 bits per heavy atom. The van der Waals surface area contributed by atoms with Crippen LogP contribution in [-0.4, -0.2) is 332 Å². The maximum Gasteiger partial charge on any atom is 0.250 e. The minimum atomic E-state index is -1.47. The lowest BCUT2D eigenvalue weighted by Crippen LogP contribution is -2.53. The van der Waals surface area contributed by atoms with E-state index in [1.165, 1.54) is 48.4 Å². The highest BCUT2D eigenvalue weighted by molar-refractivity contribution is 14.1. The Kier molecular flexibility index (Phi) is 30.4. The Bertz CT molecular complexity index is 3710. The van der Waals surface area contributed by atoms with Gasteiger partial charge in [-0.15, -0.1) is 77.5 Å². The van der Waals surface area contributed by atoms with E-state index in [9.17, 15) is 54.6 Å². The van der Waals surface area contributed by atoms with Crippen molar-refractivity contribution in [1.82, 2.24) is 51.1 Å². The molecule has 0 aromatic carbocycles. The highest BCUT2D eigenvalue weighted by Gasteiger charge is 2.63. The number of hydrogen-bond acceptors (Lipinski definition) is 22. The number of alkyl halides is 2. The number of rotatable bonds is 20. The zero-order chi connectivity index (χ0) is 81.1. The number of nitrogens with zero attached hydrogens (tertiary/aromatic N) is 5. The molecule has 20 atom stereocenters. The highest BCUT2D eigenvalue weighted by Crippen LogP contribution is 2.50. The molecule has 0 radical (unpaired) electrons. The molecule has 0 aromatic heterocycles. The standard InChI is InChI=1S/C16H27N2O3P.C15H23N2O4P.C15H25N2O4P.C14H22ClN2O3P.C14H22IN2O3P/c1-11-14(20)16(3,8-10-22(4,5)6)21-15(11)18-9-7-13(19)17-12(18)2;1-10-16-11(18)5-7-17(10)14-12-13(19)15(21-14,9-20-12)6-8-22(2,3)4;1-10-16-12(18)6-8-17(10)14-15(2,20)13(19)11(21-14)7-9-22(3,4)5;2*1-9-16-11(18)5-7-17(9)14-12(15)13(19)10(20-14)6-8-21(2,3)4/h7,9,11,14-15,20H,2,4,8,10H2,1,3,5-6H3,(H,17,19);5,7,12-14,19H,1-2,6,8-9H2,3-4H3,(H,16,18);6,8,11,13-14,19-20H,1,3,7,9H2,2,4-5H3,(H,16,18);2*5,7,10,12-14,19H,1-2,6,8H2,3-4H3,(H,16,18)/t11-,14+,15-,16-;12-,13+,14-,15+;11-,13-,14-,15+;2*10-,12-,13-,14-/m11111/s1. The van der Waals surface area contributed by atoms with Crippen molar-refractivity contribution in [3.63, 3.8) is 0 Å². The number of halogens is 2. The number of nitrogens with one attached hydrogen (secondary N) is 5. The molecule has 11 aliphatic heterocycles. The summed E-state index contributed by atoms with van der Waals surface area (Å²) >= 11 is 8.50. The van der Waals surface area contributed by atoms with Gasteiger partial charge in [0.15, 0.2) is 18.7 Å². The van der Waals surface area contributed by atoms with E-state index in [2.05, 4.69) is 180 Å². The van der Waals surface area contributed by atoms with E-state index in [4.69, 9.17) is 40.0 Å². The average molecular weight is 1740 g/mol. The van der Waals surface area contributed by atoms with Crippen LogP contribution in [0.15, 0.2) is 123 Å². The van der Waals surface area contributed by atoms with Crippen molar-refractivity contribution >= 4 is 130 Å². The molecule has 11 N–H and O–H groups in total. The molecule has 11 rings (SSSR count). The van der Waals surface area contributed by atoms with E-state index in [0.29, 0.717) is 42.1 Å². The van der Waals surface area contributed by atoms with Crippen LogP contribution in [0, 0.1) is 5.92 Å². The van der Waals surface area contributed by atoms with Crippen LogP contribution in [0.25, 0.3) is 0 Å². The van der Waals surface area contributed by atoms with Gasteiger partial charge in [0.05, 0.1) is 46.7 Å². The van der Waals surface area contributed by atoms with Crippen LogP contribution < -0.4 is 26.6 Å². The topological polar surface area (TPSA) is 338 Å². The van der Waals surface area contributed by atoms with Crippen LogP contribution in [0.4, 0.5) is 0 Å². The summed E-state index contributed by atoms with van der Waals surface area (Å²) in [5.74, 6) is 0.890. The van der Waals surface area contributed by atoms with Crippen molar-refractivity contribution in [2.75, 3.05) is 104 Å². The quantitative estimate of drug-likeness (QED) is 0.0439.